The van der Waals surface area contributed by atoms with Crippen molar-refractivity contribution in [2.24, 2.45) is 0 Å². The monoisotopic (exact) mass is 456 g/mol. The van der Waals surface area contributed by atoms with Gasteiger partial charge in [-0.25, -0.2) is 9.59 Å². The number of aromatic amines is 1. The molecule has 0 aliphatic heterocycles. The molecule has 0 aliphatic carbocycles. The summed E-state index contributed by atoms with van der Waals surface area (Å²) < 4.78 is 11.1. The zero-order chi connectivity index (χ0) is 18.8. The van der Waals surface area contributed by atoms with Crippen molar-refractivity contribution in [2.75, 3.05) is 18.6 Å². The number of anilines is 1. The molecule has 1 heterocycles. The van der Waals surface area contributed by atoms with E-state index in [2.05, 4.69) is 34.2 Å². The number of nitrogens with zero attached hydrogens (tertiary/aromatic N) is 1. The minimum Gasteiger partial charge on any atom is -0.464 e. The van der Waals surface area contributed by atoms with Crippen LogP contribution in [0.2, 0.25) is 0 Å². The van der Waals surface area contributed by atoms with E-state index in [4.69, 9.17) is 9.47 Å². The first-order chi connectivity index (χ1) is 11.7. The smallest absolute Gasteiger partial charge is 0.415 e. The first kappa shape index (κ1) is 19.3. The maximum atomic E-state index is 12.6. The van der Waals surface area contributed by atoms with Crippen molar-refractivity contribution in [3.63, 3.8) is 0 Å². The molecule has 6 nitrogen and oxygen atoms in total. The Balaban J connectivity index is 2.49. The third kappa shape index (κ3) is 4.33. The number of amides is 1. The van der Waals surface area contributed by atoms with Gasteiger partial charge in [0.05, 0.1) is 12.8 Å². The van der Waals surface area contributed by atoms with Gasteiger partial charge in [-0.05, 0) is 61.6 Å². The topological polar surface area (TPSA) is 71.6 Å². The van der Waals surface area contributed by atoms with Crippen LogP contribution in [0.15, 0.2) is 30.9 Å². The number of carbonyl (C=O) groups is 2. The number of nitrogens with one attached hydrogen (secondary N) is 1. The lowest BCUT2D eigenvalue weighted by Gasteiger charge is -2.27. The van der Waals surface area contributed by atoms with Gasteiger partial charge in [0.25, 0.3) is 0 Å². The lowest BCUT2D eigenvalue weighted by Crippen LogP contribution is -2.37. The Labute approximate surface area is 160 Å². The van der Waals surface area contributed by atoms with Crippen molar-refractivity contribution in [3.8, 4) is 0 Å². The van der Waals surface area contributed by atoms with Gasteiger partial charge in [0.15, 0.2) is 0 Å². The fraction of sp³-hybridized carbons (Fsp3) is 0.333. The number of hydrogen-bond acceptors (Lipinski definition) is 4. The normalized spacial score (nSPS) is 11.2. The molecule has 1 amide bonds. The molecule has 134 valence electrons. The minimum absolute atomic E-state index is 0.310. The molecule has 0 atom stereocenters. The van der Waals surface area contributed by atoms with Crippen LogP contribution in [0.3, 0.4) is 0 Å². The molecule has 7 heteroatoms. The van der Waals surface area contributed by atoms with Crippen molar-refractivity contribution in [3.05, 3.63) is 40.1 Å². The molecule has 2 rings (SSSR count). The number of halogens is 1. The summed E-state index contributed by atoms with van der Waals surface area (Å²) in [6.45, 7) is 9.48. The van der Waals surface area contributed by atoms with Crippen LogP contribution in [0.1, 0.15) is 31.3 Å². The summed E-state index contributed by atoms with van der Waals surface area (Å²) in [5.74, 6) is -0.441. The van der Waals surface area contributed by atoms with E-state index in [-0.39, 0.29) is 0 Å². The van der Waals surface area contributed by atoms with E-state index in [1.165, 1.54) is 12.0 Å². The largest absolute Gasteiger partial charge is 0.464 e. The Morgan fingerprint density at radius 2 is 2.04 bits per heavy atom. The second kappa shape index (κ2) is 7.47. The number of H-pyrrole nitrogens is 1. The Morgan fingerprint density at radius 3 is 2.60 bits per heavy atom. The fourth-order valence-electron chi connectivity index (χ4n) is 2.30. The third-order valence-corrected chi connectivity index (χ3v) is 4.47. The first-order valence-electron chi connectivity index (χ1n) is 7.69. The number of rotatable bonds is 4. The molecule has 0 spiro atoms. The lowest BCUT2D eigenvalue weighted by atomic mass is 10.2. The summed E-state index contributed by atoms with van der Waals surface area (Å²) in [7, 11) is 1.33. The molecule has 25 heavy (non-hydrogen) atoms. The number of methoxy groups -OCH3 is 1. The van der Waals surface area contributed by atoms with Gasteiger partial charge >= 0.3 is 12.1 Å². The second-order valence-electron chi connectivity index (χ2n) is 6.41. The summed E-state index contributed by atoms with van der Waals surface area (Å²) in [4.78, 5) is 28.8. The van der Waals surface area contributed by atoms with Gasteiger partial charge in [-0.3, -0.25) is 4.90 Å². The summed E-state index contributed by atoms with van der Waals surface area (Å²) in [5.41, 5.74) is 1.24. The van der Waals surface area contributed by atoms with Crippen LogP contribution >= 0.6 is 22.6 Å². The van der Waals surface area contributed by atoms with E-state index in [9.17, 15) is 9.59 Å². The molecule has 0 bridgehead atoms. The van der Waals surface area contributed by atoms with Gasteiger partial charge in [-0.1, -0.05) is 6.08 Å². The van der Waals surface area contributed by atoms with E-state index >= 15 is 0 Å². The first-order valence-corrected chi connectivity index (χ1v) is 8.76. The number of esters is 1. The summed E-state index contributed by atoms with van der Waals surface area (Å²) in [5, 5.41) is 0.830. The SMILES string of the molecule is C=CCN(C(=O)OC(C)(C)C)c1ccc2[nH]c(C(=O)OC)cc2c1I. The second-order valence-corrected chi connectivity index (χ2v) is 7.49. The standard InChI is InChI=1S/C18H21IN2O4/c1-6-9-21(17(23)25-18(2,3)4)14-8-7-12-11(15(14)19)10-13(20-12)16(22)24-5/h6-8,10,20H,1,9H2,2-5H3. The van der Waals surface area contributed by atoms with Gasteiger partial charge in [-0.15, -0.1) is 6.58 Å². The summed E-state index contributed by atoms with van der Waals surface area (Å²) in [6, 6.07) is 5.35. The summed E-state index contributed by atoms with van der Waals surface area (Å²) >= 11 is 2.16. The van der Waals surface area contributed by atoms with Crippen LogP contribution in [-0.2, 0) is 9.47 Å². The maximum Gasteiger partial charge on any atom is 0.415 e. The lowest BCUT2D eigenvalue weighted by molar-refractivity contribution is 0.0578. The van der Waals surface area contributed by atoms with Gasteiger partial charge in [0.1, 0.15) is 11.3 Å². The van der Waals surface area contributed by atoms with Crippen molar-refractivity contribution >= 4 is 51.2 Å². The van der Waals surface area contributed by atoms with Gasteiger partial charge in [0, 0.05) is 21.0 Å². The molecule has 0 radical (unpaired) electrons. The van der Waals surface area contributed by atoms with Crippen LogP contribution in [0.25, 0.3) is 10.9 Å². The highest BCUT2D eigenvalue weighted by molar-refractivity contribution is 14.1. The van der Waals surface area contributed by atoms with Crippen molar-refractivity contribution in [2.45, 2.75) is 26.4 Å². The molecule has 0 aliphatic rings. The predicted molar refractivity (Wildman–Crippen MR) is 106 cm³/mol. The average molecular weight is 456 g/mol. The number of carbonyl (C=O) groups excluding carboxylic acids is 2. The Bertz CT molecular complexity index is 820. The van der Waals surface area contributed by atoms with Crippen LogP contribution in [0.5, 0.6) is 0 Å². The molecule has 0 unspecified atom stereocenters. The Morgan fingerprint density at radius 1 is 1.36 bits per heavy atom. The number of ether oxygens (including phenoxy) is 2. The van der Waals surface area contributed by atoms with Gasteiger partial charge in [0.2, 0.25) is 0 Å². The molecule has 1 N–H and O–H groups in total. The van der Waals surface area contributed by atoms with Crippen molar-refractivity contribution in [1.82, 2.24) is 4.98 Å². The predicted octanol–water partition coefficient (Wildman–Crippen LogP) is 4.49. The summed E-state index contributed by atoms with van der Waals surface area (Å²) in [6.07, 6.45) is 1.19. The quantitative estimate of drug-likeness (QED) is 0.418. The molecular formula is C18H21IN2O4. The van der Waals surface area contributed by atoms with Crippen LogP contribution < -0.4 is 4.90 Å². The molecule has 0 saturated carbocycles. The van der Waals surface area contributed by atoms with Crippen molar-refractivity contribution in [1.29, 1.82) is 0 Å². The molecule has 2 aromatic rings. The molecular weight excluding hydrogens is 435 g/mol. The number of aromatic nitrogens is 1. The molecule has 1 aromatic heterocycles. The molecule has 0 saturated heterocycles. The third-order valence-electron chi connectivity index (χ3n) is 3.34. The molecule has 0 fully saturated rings. The van der Waals surface area contributed by atoms with Crippen LogP contribution in [0.4, 0.5) is 10.5 Å². The number of benzene rings is 1. The highest BCUT2D eigenvalue weighted by atomic mass is 127. The van der Waals surface area contributed by atoms with E-state index in [0.717, 1.165) is 14.5 Å². The van der Waals surface area contributed by atoms with E-state index < -0.39 is 17.7 Å². The number of fused-ring (bicyclic) bond motifs is 1. The number of hydrogen-bond donors (Lipinski definition) is 1. The zero-order valence-electron chi connectivity index (χ0n) is 14.7. The van der Waals surface area contributed by atoms with E-state index in [1.807, 2.05) is 32.9 Å². The van der Waals surface area contributed by atoms with Crippen LogP contribution in [0, 0.1) is 3.57 Å². The van der Waals surface area contributed by atoms with E-state index in [0.29, 0.717) is 17.9 Å². The van der Waals surface area contributed by atoms with Gasteiger partial charge < -0.3 is 14.5 Å². The van der Waals surface area contributed by atoms with Gasteiger partial charge in [-0.2, -0.15) is 0 Å². The van der Waals surface area contributed by atoms with Crippen LogP contribution in [-0.4, -0.2) is 36.3 Å². The zero-order valence-corrected chi connectivity index (χ0v) is 16.8. The molecule has 1 aromatic carbocycles. The highest BCUT2D eigenvalue weighted by Gasteiger charge is 2.25. The maximum absolute atomic E-state index is 12.6. The average Bonchev–Trinajstić information content (AvgIpc) is 2.96. The Hall–Kier alpha value is -2.03. The fourth-order valence-corrected chi connectivity index (χ4v) is 3.22. The minimum atomic E-state index is -0.599. The Kier molecular flexibility index (Phi) is 5.76. The van der Waals surface area contributed by atoms with Crippen molar-refractivity contribution < 1.29 is 19.1 Å². The van der Waals surface area contributed by atoms with E-state index in [1.54, 1.807) is 12.1 Å². The highest BCUT2D eigenvalue weighted by Crippen LogP contribution is 2.32.